The first-order valence-electron chi connectivity index (χ1n) is 9.84. The Labute approximate surface area is 203 Å². The molecule has 0 fully saturated rings. The monoisotopic (exact) mass is 511 g/mol. The number of aromatic nitrogens is 3. The third-order valence-electron chi connectivity index (χ3n) is 4.57. The molecule has 3 N–H and O–H groups in total. The molecule has 0 aliphatic heterocycles. The van der Waals surface area contributed by atoms with Crippen LogP contribution in [0.1, 0.15) is 50.0 Å². The summed E-state index contributed by atoms with van der Waals surface area (Å²) in [5.74, 6) is -0.711. The summed E-state index contributed by atoms with van der Waals surface area (Å²) in [7, 11) is 0. The molecule has 1 aromatic carbocycles. The Hall–Kier alpha value is -2.66. The number of aliphatic hydroxyl groups is 1. The SMILES string of the molecule is CC(CC(=O)c1ncnc(NCCO)c1Cl)c1ncc(C(=O)Nc2ccc(CF)c(Cl)c2)s1. The van der Waals surface area contributed by atoms with E-state index >= 15 is 0 Å². The summed E-state index contributed by atoms with van der Waals surface area (Å²) in [6, 6.07) is 4.55. The Morgan fingerprint density at radius 2 is 2.03 bits per heavy atom. The van der Waals surface area contributed by atoms with Gasteiger partial charge in [-0.15, -0.1) is 11.3 Å². The summed E-state index contributed by atoms with van der Waals surface area (Å²) >= 11 is 13.4. The lowest BCUT2D eigenvalue weighted by molar-refractivity contribution is 0.0969. The van der Waals surface area contributed by atoms with E-state index in [9.17, 15) is 14.0 Å². The fraction of sp³-hybridized carbons (Fsp3) is 0.286. The van der Waals surface area contributed by atoms with Crippen LogP contribution in [-0.4, -0.2) is 44.9 Å². The number of anilines is 2. The molecule has 3 aromatic rings. The predicted molar refractivity (Wildman–Crippen MR) is 126 cm³/mol. The van der Waals surface area contributed by atoms with Crippen molar-refractivity contribution in [1.82, 2.24) is 15.0 Å². The number of carbonyl (C=O) groups excluding carboxylic acids is 2. The number of hydrogen-bond acceptors (Lipinski definition) is 8. The third-order valence-corrected chi connectivity index (χ3v) is 6.51. The van der Waals surface area contributed by atoms with Gasteiger partial charge in [-0.25, -0.2) is 19.3 Å². The van der Waals surface area contributed by atoms with Crippen molar-refractivity contribution in [3.8, 4) is 0 Å². The van der Waals surface area contributed by atoms with Gasteiger partial charge in [0, 0.05) is 35.2 Å². The number of nitrogens with one attached hydrogen (secondary N) is 2. The quantitative estimate of drug-likeness (QED) is 0.336. The van der Waals surface area contributed by atoms with Gasteiger partial charge in [0.05, 0.1) is 17.8 Å². The molecule has 0 bridgehead atoms. The molecule has 2 aromatic heterocycles. The maximum atomic E-state index is 12.8. The van der Waals surface area contributed by atoms with Crippen molar-refractivity contribution >= 4 is 57.7 Å². The summed E-state index contributed by atoms with van der Waals surface area (Å²) in [4.78, 5) is 37.9. The van der Waals surface area contributed by atoms with E-state index in [-0.39, 0.29) is 58.7 Å². The van der Waals surface area contributed by atoms with E-state index in [0.29, 0.717) is 21.1 Å². The summed E-state index contributed by atoms with van der Waals surface area (Å²) in [5, 5.41) is 15.4. The van der Waals surface area contributed by atoms with E-state index in [1.165, 1.54) is 24.7 Å². The zero-order valence-corrected chi connectivity index (χ0v) is 19.8. The molecule has 12 heteroatoms. The van der Waals surface area contributed by atoms with Crippen molar-refractivity contribution in [3.05, 3.63) is 61.9 Å². The van der Waals surface area contributed by atoms with E-state index in [1.54, 1.807) is 6.07 Å². The first-order valence-corrected chi connectivity index (χ1v) is 11.4. The standard InChI is InChI=1S/C21H20Cl2FN5O3S/c1-11(6-15(31)18-17(23)19(25-4-5-30)28-10-27-18)21-26-9-16(33-21)20(32)29-13-3-2-12(8-24)14(22)7-13/h2-3,7,9-11,30H,4-6,8H2,1H3,(H,29,32)(H,25,27,28). The van der Waals surface area contributed by atoms with Gasteiger partial charge in [0.2, 0.25) is 0 Å². The molecule has 2 heterocycles. The van der Waals surface area contributed by atoms with Gasteiger partial charge in [0.15, 0.2) is 5.78 Å². The van der Waals surface area contributed by atoms with Crippen molar-refractivity contribution in [2.24, 2.45) is 0 Å². The first-order chi connectivity index (χ1) is 15.8. The molecule has 8 nitrogen and oxygen atoms in total. The second-order valence-electron chi connectivity index (χ2n) is 7.02. The number of alkyl halides is 1. The molecule has 0 radical (unpaired) electrons. The summed E-state index contributed by atoms with van der Waals surface area (Å²) < 4.78 is 12.8. The van der Waals surface area contributed by atoms with Crippen LogP contribution >= 0.6 is 34.5 Å². The average molecular weight is 512 g/mol. The van der Waals surface area contributed by atoms with Crippen LogP contribution < -0.4 is 10.6 Å². The van der Waals surface area contributed by atoms with Crippen molar-refractivity contribution in [3.63, 3.8) is 0 Å². The number of benzene rings is 1. The van der Waals surface area contributed by atoms with Gasteiger partial charge >= 0.3 is 0 Å². The maximum absolute atomic E-state index is 12.8. The van der Waals surface area contributed by atoms with Crippen LogP contribution in [0.2, 0.25) is 10.0 Å². The highest BCUT2D eigenvalue weighted by atomic mass is 35.5. The predicted octanol–water partition coefficient (Wildman–Crippen LogP) is 4.74. The number of thiazole rings is 1. The van der Waals surface area contributed by atoms with E-state index in [4.69, 9.17) is 28.3 Å². The summed E-state index contributed by atoms with van der Waals surface area (Å²) in [6.07, 6.45) is 2.73. The Kier molecular flexibility index (Phi) is 8.67. The lowest BCUT2D eigenvalue weighted by Gasteiger charge is -2.10. The largest absolute Gasteiger partial charge is 0.395 e. The Bertz CT molecular complexity index is 1160. The third kappa shape index (κ3) is 6.23. The number of halogens is 3. The molecule has 33 heavy (non-hydrogen) atoms. The first kappa shape index (κ1) is 25.0. The van der Waals surface area contributed by atoms with Crippen molar-refractivity contribution in [2.75, 3.05) is 23.8 Å². The molecule has 0 saturated heterocycles. The number of aliphatic hydroxyl groups excluding tert-OH is 1. The van der Waals surface area contributed by atoms with Gasteiger partial charge in [-0.05, 0) is 12.1 Å². The smallest absolute Gasteiger partial charge is 0.267 e. The van der Waals surface area contributed by atoms with Crippen molar-refractivity contribution in [1.29, 1.82) is 0 Å². The molecular weight excluding hydrogens is 492 g/mol. The molecule has 0 aliphatic rings. The summed E-state index contributed by atoms with van der Waals surface area (Å²) in [6.45, 7) is 1.24. The van der Waals surface area contributed by atoms with Gasteiger partial charge in [-0.2, -0.15) is 0 Å². The van der Waals surface area contributed by atoms with Crippen LogP contribution in [0.25, 0.3) is 0 Å². The lowest BCUT2D eigenvalue weighted by Crippen LogP contribution is -2.12. The highest BCUT2D eigenvalue weighted by molar-refractivity contribution is 7.13. The fourth-order valence-electron chi connectivity index (χ4n) is 2.87. The minimum Gasteiger partial charge on any atom is -0.395 e. The number of hydrogen-bond donors (Lipinski definition) is 3. The van der Waals surface area contributed by atoms with Crippen LogP contribution in [0.5, 0.6) is 0 Å². The number of carbonyl (C=O) groups is 2. The zero-order chi connectivity index (χ0) is 24.0. The number of Topliss-reactive ketones (excluding diaryl/α,β-unsaturated/α-hetero) is 1. The number of nitrogens with zero attached hydrogens (tertiary/aromatic N) is 3. The topological polar surface area (TPSA) is 117 Å². The van der Waals surface area contributed by atoms with Crippen molar-refractivity contribution in [2.45, 2.75) is 25.9 Å². The molecule has 1 amide bonds. The summed E-state index contributed by atoms with van der Waals surface area (Å²) in [5.41, 5.74) is 0.847. The van der Waals surface area contributed by atoms with Crippen LogP contribution in [0, 0.1) is 0 Å². The fourth-order valence-corrected chi connectivity index (χ4v) is 4.24. The van der Waals surface area contributed by atoms with E-state index in [0.717, 1.165) is 11.3 Å². The normalized spacial score (nSPS) is 11.8. The van der Waals surface area contributed by atoms with E-state index in [2.05, 4.69) is 25.6 Å². The molecule has 0 aliphatic carbocycles. The molecule has 1 atom stereocenters. The zero-order valence-electron chi connectivity index (χ0n) is 17.4. The minimum atomic E-state index is -0.692. The molecule has 1 unspecified atom stereocenters. The number of amides is 1. The second-order valence-corrected chi connectivity index (χ2v) is 8.87. The van der Waals surface area contributed by atoms with Crippen LogP contribution in [-0.2, 0) is 6.67 Å². The second kappa shape index (κ2) is 11.5. The van der Waals surface area contributed by atoms with Crippen LogP contribution in [0.15, 0.2) is 30.7 Å². The highest BCUT2D eigenvalue weighted by Gasteiger charge is 2.22. The van der Waals surface area contributed by atoms with Crippen LogP contribution in [0.3, 0.4) is 0 Å². The maximum Gasteiger partial charge on any atom is 0.267 e. The highest BCUT2D eigenvalue weighted by Crippen LogP contribution is 2.29. The minimum absolute atomic E-state index is 0.0714. The number of ketones is 1. The molecule has 174 valence electrons. The molecule has 0 spiro atoms. The Balaban J connectivity index is 1.66. The van der Waals surface area contributed by atoms with Gasteiger partial charge < -0.3 is 15.7 Å². The van der Waals surface area contributed by atoms with Gasteiger partial charge in [0.25, 0.3) is 5.91 Å². The van der Waals surface area contributed by atoms with Gasteiger partial charge in [-0.1, -0.05) is 36.2 Å². The van der Waals surface area contributed by atoms with Gasteiger partial charge in [0.1, 0.15) is 34.4 Å². The Morgan fingerprint density at radius 3 is 2.73 bits per heavy atom. The molecular formula is C21H20Cl2FN5O3S. The molecule has 0 saturated carbocycles. The van der Waals surface area contributed by atoms with Gasteiger partial charge in [-0.3, -0.25) is 9.59 Å². The van der Waals surface area contributed by atoms with Crippen LogP contribution in [0.4, 0.5) is 15.9 Å². The lowest BCUT2D eigenvalue weighted by atomic mass is 10.0. The number of rotatable bonds is 10. The Morgan fingerprint density at radius 1 is 1.24 bits per heavy atom. The van der Waals surface area contributed by atoms with Crippen molar-refractivity contribution < 1.29 is 19.1 Å². The molecule has 3 rings (SSSR count). The van der Waals surface area contributed by atoms with E-state index < -0.39 is 6.67 Å². The van der Waals surface area contributed by atoms with E-state index in [1.807, 2.05) is 6.92 Å². The average Bonchev–Trinajstić information content (AvgIpc) is 3.29.